The zero-order chi connectivity index (χ0) is 17.5. The number of aliphatic carboxylic acids is 1. The second-order valence-corrected chi connectivity index (χ2v) is 4.61. The first-order valence-corrected chi connectivity index (χ1v) is 6.71. The molecule has 0 radical (unpaired) electrons. The van der Waals surface area contributed by atoms with Crippen LogP contribution < -0.4 is 5.32 Å². The molecule has 3 N–H and O–H groups in total. The Kier molecular flexibility index (Phi) is 5.12. The van der Waals surface area contributed by atoms with Crippen LogP contribution in [0.5, 0.6) is 5.75 Å². The Bertz CT molecular complexity index is 887. The van der Waals surface area contributed by atoms with Gasteiger partial charge in [-0.1, -0.05) is 11.8 Å². The summed E-state index contributed by atoms with van der Waals surface area (Å²) in [7, 11) is 0. The smallest absolute Gasteiger partial charge is 0.322 e. The monoisotopic (exact) mass is 321 g/mol. The van der Waals surface area contributed by atoms with Crippen molar-refractivity contribution in [3.8, 4) is 23.7 Å². The normalized spacial score (nSPS) is 9.29. The van der Waals surface area contributed by atoms with Crippen molar-refractivity contribution in [3.63, 3.8) is 0 Å². The molecule has 0 saturated carbocycles. The molecular weight excluding hydrogens is 310 g/mol. The highest BCUT2D eigenvalue weighted by atomic mass is 16.4. The molecule has 0 aliphatic heterocycles. The summed E-state index contributed by atoms with van der Waals surface area (Å²) in [6.07, 6.45) is 1.30. The van der Waals surface area contributed by atoms with E-state index >= 15 is 0 Å². The van der Waals surface area contributed by atoms with Crippen molar-refractivity contribution in [1.29, 1.82) is 5.26 Å². The predicted octanol–water partition coefficient (Wildman–Crippen LogP) is 0.873. The molecule has 0 saturated heterocycles. The van der Waals surface area contributed by atoms with Gasteiger partial charge in [-0.05, 0) is 30.3 Å². The molecule has 1 aromatic carbocycles. The molecule has 0 aliphatic carbocycles. The minimum atomic E-state index is -1.20. The van der Waals surface area contributed by atoms with Crippen LogP contribution in [0.3, 0.4) is 0 Å². The fourth-order valence-electron chi connectivity index (χ4n) is 1.71. The molecule has 0 atom stereocenters. The molecule has 1 aromatic heterocycles. The van der Waals surface area contributed by atoms with Crippen LogP contribution in [0.4, 0.5) is 0 Å². The SMILES string of the molecule is N#Cc1ccc(C#Cc2cnc(C(=O)NCC(=O)O)c(O)c2)cc1. The molecular formula is C17H11N3O4. The van der Waals surface area contributed by atoms with Gasteiger partial charge in [0.15, 0.2) is 5.69 Å². The van der Waals surface area contributed by atoms with Gasteiger partial charge in [0.2, 0.25) is 0 Å². The van der Waals surface area contributed by atoms with Crippen molar-refractivity contribution < 1.29 is 19.8 Å². The molecule has 1 heterocycles. The van der Waals surface area contributed by atoms with Gasteiger partial charge in [-0.2, -0.15) is 5.26 Å². The molecule has 0 aliphatic rings. The maximum absolute atomic E-state index is 11.7. The third-order valence-electron chi connectivity index (χ3n) is 2.85. The van der Waals surface area contributed by atoms with Gasteiger partial charge in [0.1, 0.15) is 12.3 Å². The maximum Gasteiger partial charge on any atom is 0.322 e. The Hall–Kier alpha value is -3.84. The van der Waals surface area contributed by atoms with Gasteiger partial charge in [-0.15, -0.1) is 0 Å². The number of hydrogen-bond acceptors (Lipinski definition) is 5. The first kappa shape index (κ1) is 16.5. The minimum absolute atomic E-state index is 0.278. The molecule has 1 amide bonds. The van der Waals surface area contributed by atoms with E-state index in [1.54, 1.807) is 24.3 Å². The van der Waals surface area contributed by atoms with Crippen LogP contribution in [-0.4, -0.2) is 33.6 Å². The molecule has 2 rings (SSSR count). The number of carbonyl (C=O) groups excluding carboxylic acids is 1. The Morgan fingerprint density at radius 1 is 1.12 bits per heavy atom. The number of carbonyl (C=O) groups is 2. The largest absolute Gasteiger partial charge is 0.505 e. The molecule has 24 heavy (non-hydrogen) atoms. The van der Waals surface area contributed by atoms with Gasteiger partial charge >= 0.3 is 5.97 Å². The van der Waals surface area contributed by atoms with E-state index in [1.807, 2.05) is 6.07 Å². The highest BCUT2D eigenvalue weighted by Crippen LogP contribution is 2.15. The van der Waals surface area contributed by atoms with E-state index < -0.39 is 24.2 Å². The van der Waals surface area contributed by atoms with Crippen molar-refractivity contribution in [2.24, 2.45) is 0 Å². The van der Waals surface area contributed by atoms with E-state index in [2.05, 4.69) is 22.1 Å². The van der Waals surface area contributed by atoms with Gasteiger partial charge in [-0.3, -0.25) is 9.59 Å². The van der Waals surface area contributed by atoms with E-state index in [4.69, 9.17) is 10.4 Å². The third kappa shape index (κ3) is 4.33. The second-order valence-electron chi connectivity index (χ2n) is 4.61. The van der Waals surface area contributed by atoms with Gasteiger partial charge in [-0.25, -0.2) is 4.98 Å². The van der Waals surface area contributed by atoms with Gasteiger partial charge in [0.05, 0.1) is 11.6 Å². The van der Waals surface area contributed by atoms with Crippen LogP contribution in [0.25, 0.3) is 0 Å². The summed E-state index contributed by atoms with van der Waals surface area (Å²) in [6, 6.07) is 9.91. The number of nitrogens with zero attached hydrogens (tertiary/aromatic N) is 2. The molecule has 2 aromatic rings. The number of rotatable bonds is 3. The van der Waals surface area contributed by atoms with Crippen molar-refractivity contribution in [2.45, 2.75) is 0 Å². The molecule has 0 fully saturated rings. The van der Waals surface area contributed by atoms with E-state index in [0.717, 1.165) is 0 Å². The number of nitrogens with one attached hydrogen (secondary N) is 1. The van der Waals surface area contributed by atoms with E-state index in [1.165, 1.54) is 12.3 Å². The van der Waals surface area contributed by atoms with Crippen LogP contribution in [-0.2, 0) is 4.79 Å². The number of aromatic nitrogens is 1. The molecule has 0 bridgehead atoms. The Morgan fingerprint density at radius 2 is 1.75 bits per heavy atom. The first-order chi connectivity index (χ1) is 11.5. The molecule has 0 unspecified atom stereocenters. The van der Waals surface area contributed by atoms with Crippen molar-refractivity contribution in [2.75, 3.05) is 6.54 Å². The van der Waals surface area contributed by atoms with Gasteiger partial charge in [0.25, 0.3) is 5.91 Å². The summed E-state index contributed by atoms with van der Waals surface area (Å²) in [5.41, 5.74) is 1.31. The summed E-state index contributed by atoms with van der Waals surface area (Å²) in [5.74, 6) is 3.22. The summed E-state index contributed by atoms with van der Waals surface area (Å²) in [4.78, 5) is 25.9. The Morgan fingerprint density at radius 3 is 2.33 bits per heavy atom. The number of amides is 1. The zero-order valence-corrected chi connectivity index (χ0v) is 12.3. The molecule has 118 valence electrons. The fourth-order valence-corrected chi connectivity index (χ4v) is 1.71. The summed E-state index contributed by atoms with van der Waals surface area (Å²) in [6.45, 7) is -0.569. The summed E-state index contributed by atoms with van der Waals surface area (Å²) in [5, 5.41) is 29.1. The van der Waals surface area contributed by atoms with Gasteiger partial charge in [0, 0.05) is 17.3 Å². The topological polar surface area (TPSA) is 123 Å². The van der Waals surface area contributed by atoms with E-state index in [0.29, 0.717) is 16.7 Å². The lowest BCUT2D eigenvalue weighted by Crippen LogP contribution is -2.29. The lowest BCUT2D eigenvalue weighted by atomic mass is 10.1. The Balaban J connectivity index is 2.15. The first-order valence-electron chi connectivity index (χ1n) is 6.71. The van der Waals surface area contributed by atoms with Crippen LogP contribution in [0, 0.1) is 23.2 Å². The highest BCUT2D eigenvalue weighted by molar-refractivity contribution is 5.96. The number of nitriles is 1. The number of carboxylic acids is 1. The number of hydrogen-bond donors (Lipinski definition) is 3. The minimum Gasteiger partial charge on any atom is -0.505 e. The molecule has 7 nitrogen and oxygen atoms in total. The summed E-state index contributed by atoms with van der Waals surface area (Å²) >= 11 is 0. The van der Waals surface area contributed by atoms with Crippen LogP contribution in [0.2, 0.25) is 0 Å². The van der Waals surface area contributed by atoms with Crippen molar-refractivity contribution in [3.05, 3.63) is 58.9 Å². The Labute approximate surface area is 137 Å². The van der Waals surface area contributed by atoms with Crippen LogP contribution in [0.1, 0.15) is 27.2 Å². The zero-order valence-electron chi connectivity index (χ0n) is 12.3. The second kappa shape index (κ2) is 7.43. The number of carboxylic acid groups (broad SMARTS) is 1. The highest BCUT2D eigenvalue weighted by Gasteiger charge is 2.13. The van der Waals surface area contributed by atoms with Crippen molar-refractivity contribution >= 4 is 11.9 Å². The van der Waals surface area contributed by atoms with Crippen LogP contribution >= 0.6 is 0 Å². The number of pyridine rings is 1. The predicted molar refractivity (Wildman–Crippen MR) is 83.0 cm³/mol. The maximum atomic E-state index is 11.7. The molecule has 0 spiro atoms. The lowest BCUT2D eigenvalue weighted by molar-refractivity contribution is -0.135. The standard InChI is InChI=1S/C17H11N3O4/c18-8-12-4-1-11(2-5-12)3-6-13-7-14(21)16(19-9-13)17(24)20-10-15(22)23/h1-2,4-5,7,9,21H,10H2,(H,20,24)(H,22,23). The number of aromatic hydroxyl groups is 1. The fraction of sp³-hybridized carbons (Fsp3) is 0.0588. The molecule has 7 heteroatoms. The van der Waals surface area contributed by atoms with Gasteiger partial charge < -0.3 is 15.5 Å². The summed E-state index contributed by atoms with van der Waals surface area (Å²) < 4.78 is 0. The average molecular weight is 321 g/mol. The quantitative estimate of drug-likeness (QED) is 0.721. The van der Waals surface area contributed by atoms with E-state index in [-0.39, 0.29) is 5.69 Å². The average Bonchev–Trinajstić information content (AvgIpc) is 2.58. The lowest BCUT2D eigenvalue weighted by Gasteiger charge is -2.04. The van der Waals surface area contributed by atoms with Crippen LogP contribution in [0.15, 0.2) is 36.5 Å². The van der Waals surface area contributed by atoms with Crippen molar-refractivity contribution in [1.82, 2.24) is 10.3 Å². The van der Waals surface area contributed by atoms with E-state index in [9.17, 15) is 14.7 Å². The third-order valence-corrected chi connectivity index (χ3v) is 2.85. The number of benzene rings is 1.